The third kappa shape index (κ3) is 2.98. The molecular weight excluding hydrogens is 330 g/mol. The first-order chi connectivity index (χ1) is 10.6. The second kappa shape index (κ2) is 6.30. The zero-order chi connectivity index (χ0) is 15.7. The van der Waals surface area contributed by atoms with Crippen LogP contribution in [0.4, 0.5) is 8.78 Å². The Morgan fingerprint density at radius 3 is 2.59 bits per heavy atom. The van der Waals surface area contributed by atoms with Gasteiger partial charge >= 0.3 is 0 Å². The number of rotatable bonds is 2. The van der Waals surface area contributed by atoms with E-state index in [9.17, 15) is 13.6 Å². The lowest BCUT2D eigenvalue weighted by atomic mass is 9.97. The fraction of sp³-hybridized carbons (Fsp3) is 0.333. The second-order valence-electron chi connectivity index (χ2n) is 5.18. The minimum atomic E-state index is -1.06. The van der Waals surface area contributed by atoms with Crippen molar-refractivity contribution < 1.29 is 13.6 Å². The Hall–Kier alpha value is -1.53. The molecular formula is C15H13ClF2N2OS. The van der Waals surface area contributed by atoms with Crippen LogP contribution in [0.3, 0.4) is 0 Å². The van der Waals surface area contributed by atoms with Crippen LogP contribution in [0.25, 0.3) is 0 Å². The first kappa shape index (κ1) is 15.4. The molecule has 116 valence electrons. The number of aromatic nitrogens is 1. The van der Waals surface area contributed by atoms with Gasteiger partial charge in [-0.15, -0.1) is 11.3 Å². The van der Waals surface area contributed by atoms with Crippen LogP contribution in [0.15, 0.2) is 23.7 Å². The normalized spacial score (nSPS) is 16.0. The van der Waals surface area contributed by atoms with Crippen molar-refractivity contribution in [3.63, 3.8) is 0 Å². The van der Waals surface area contributed by atoms with Crippen molar-refractivity contribution >= 4 is 28.8 Å². The van der Waals surface area contributed by atoms with E-state index in [0.717, 1.165) is 30.0 Å². The lowest BCUT2D eigenvalue weighted by Gasteiger charge is -2.31. The molecule has 0 radical (unpaired) electrons. The summed E-state index contributed by atoms with van der Waals surface area (Å²) < 4.78 is 26.4. The van der Waals surface area contributed by atoms with E-state index < -0.39 is 11.6 Å². The molecule has 1 amide bonds. The van der Waals surface area contributed by atoms with Crippen LogP contribution in [0, 0.1) is 11.6 Å². The Balaban J connectivity index is 1.71. The van der Waals surface area contributed by atoms with Gasteiger partial charge in [-0.25, -0.2) is 13.8 Å². The van der Waals surface area contributed by atoms with E-state index in [1.165, 1.54) is 0 Å². The maximum absolute atomic E-state index is 13.3. The second-order valence-corrected chi connectivity index (χ2v) is 6.52. The molecule has 1 aliphatic rings. The highest BCUT2D eigenvalue weighted by molar-refractivity contribution is 7.09. The van der Waals surface area contributed by atoms with Crippen LogP contribution in [0.1, 0.15) is 34.1 Å². The summed E-state index contributed by atoms with van der Waals surface area (Å²) in [6.45, 7) is 1.11. The minimum absolute atomic E-state index is 0.00765. The summed E-state index contributed by atoms with van der Waals surface area (Å²) in [4.78, 5) is 18.4. The maximum Gasteiger partial charge on any atom is 0.255 e. The van der Waals surface area contributed by atoms with Crippen molar-refractivity contribution in [2.24, 2.45) is 0 Å². The molecule has 3 nitrogen and oxygen atoms in total. The summed E-state index contributed by atoms with van der Waals surface area (Å²) in [7, 11) is 0. The van der Waals surface area contributed by atoms with Crippen molar-refractivity contribution in [2.75, 3.05) is 13.1 Å². The van der Waals surface area contributed by atoms with Crippen LogP contribution in [0.2, 0.25) is 5.02 Å². The molecule has 0 aliphatic carbocycles. The van der Waals surface area contributed by atoms with Crippen LogP contribution in [-0.2, 0) is 0 Å². The van der Waals surface area contributed by atoms with Gasteiger partial charge in [0.2, 0.25) is 0 Å². The summed E-state index contributed by atoms with van der Waals surface area (Å²) in [5.74, 6) is -2.12. The molecule has 7 heteroatoms. The smallest absolute Gasteiger partial charge is 0.255 e. The molecule has 0 spiro atoms. The van der Waals surface area contributed by atoms with E-state index in [4.69, 9.17) is 11.6 Å². The van der Waals surface area contributed by atoms with Crippen LogP contribution >= 0.6 is 22.9 Å². The number of halogens is 3. The molecule has 0 bridgehead atoms. The molecule has 1 saturated heterocycles. The van der Waals surface area contributed by atoms with E-state index >= 15 is 0 Å². The van der Waals surface area contributed by atoms with Gasteiger partial charge in [-0.05, 0) is 25.0 Å². The van der Waals surface area contributed by atoms with Gasteiger partial charge in [0.15, 0.2) is 11.6 Å². The molecule has 1 aromatic heterocycles. The van der Waals surface area contributed by atoms with Crippen molar-refractivity contribution in [1.82, 2.24) is 9.88 Å². The van der Waals surface area contributed by atoms with Crippen LogP contribution < -0.4 is 0 Å². The zero-order valence-electron chi connectivity index (χ0n) is 11.6. The van der Waals surface area contributed by atoms with E-state index in [-0.39, 0.29) is 16.5 Å². The molecule has 2 heterocycles. The molecule has 2 aromatic rings. The van der Waals surface area contributed by atoms with Crippen molar-refractivity contribution in [1.29, 1.82) is 0 Å². The predicted octanol–water partition coefficient (Wildman–Crippen LogP) is 4.09. The number of hydrogen-bond acceptors (Lipinski definition) is 3. The summed E-state index contributed by atoms with van der Waals surface area (Å²) >= 11 is 7.48. The Bertz CT molecular complexity index is 685. The Morgan fingerprint density at radius 1 is 1.27 bits per heavy atom. The maximum atomic E-state index is 13.3. The van der Waals surface area contributed by atoms with Gasteiger partial charge in [-0.1, -0.05) is 11.6 Å². The van der Waals surface area contributed by atoms with Gasteiger partial charge in [-0.3, -0.25) is 4.79 Å². The first-order valence-electron chi connectivity index (χ1n) is 6.89. The quantitative estimate of drug-likeness (QED) is 0.770. The zero-order valence-corrected chi connectivity index (χ0v) is 13.1. The Morgan fingerprint density at radius 2 is 1.95 bits per heavy atom. The number of hydrogen-bond donors (Lipinski definition) is 0. The SMILES string of the molecule is O=C(c1cc(F)c(F)cc1Cl)N1CCC(c2nccs2)CC1. The molecule has 0 unspecified atom stereocenters. The number of carbonyl (C=O) groups is 1. The summed E-state index contributed by atoms with van der Waals surface area (Å²) in [5.41, 5.74) is 0.00765. The van der Waals surface area contributed by atoms with Gasteiger partial charge in [0.05, 0.1) is 15.6 Å². The highest BCUT2D eigenvalue weighted by Gasteiger charge is 2.27. The number of benzene rings is 1. The van der Waals surface area contributed by atoms with Gasteiger partial charge in [-0.2, -0.15) is 0 Å². The number of carbonyl (C=O) groups excluding carboxylic acids is 1. The van der Waals surface area contributed by atoms with E-state index in [1.54, 1.807) is 22.4 Å². The molecule has 1 fully saturated rings. The predicted molar refractivity (Wildman–Crippen MR) is 81.4 cm³/mol. The Kier molecular flexibility index (Phi) is 4.40. The molecule has 1 aromatic carbocycles. The summed E-state index contributed by atoms with van der Waals surface area (Å²) in [5, 5.41) is 2.96. The molecule has 0 saturated carbocycles. The molecule has 0 atom stereocenters. The number of piperidine rings is 1. The van der Waals surface area contributed by atoms with E-state index in [0.29, 0.717) is 19.0 Å². The van der Waals surface area contributed by atoms with E-state index in [1.807, 2.05) is 5.38 Å². The number of amides is 1. The summed E-state index contributed by atoms with van der Waals surface area (Å²) in [6.07, 6.45) is 3.39. The number of nitrogens with zero attached hydrogens (tertiary/aromatic N) is 2. The molecule has 0 N–H and O–H groups in total. The first-order valence-corrected chi connectivity index (χ1v) is 8.15. The fourth-order valence-electron chi connectivity index (χ4n) is 2.62. The fourth-order valence-corrected chi connectivity index (χ4v) is 3.66. The molecule has 1 aliphatic heterocycles. The van der Waals surface area contributed by atoms with Gasteiger partial charge < -0.3 is 4.90 Å². The average Bonchev–Trinajstić information content (AvgIpc) is 3.05. The third-order valence-electron chi connectivity index (χ3n) is 3.82. The highest BCUT2D eigenvalue weighted by Crippen LogP contribution is 2.30. The highest BCUT2D eigenvalue weighted by atomic mass is 35.5. The molecule has 22 heavy (non-hydrogen) atoms. The Labute approximate surface area is 135 Å². The van der Waals surface area contributed by atoms with Crippen LogP contribution in [-0.4, -0.2) is 28.9 Å². The van der Waals surface area contributed by atoms with Crippen molar-refractivity contribution in [3.05, 3.63) is 50.9 Å². The summed E-state index contributed by atoms with van der Waals surface area (Å²) in [6, 6.07) is 1.71. The molecule has 3 rings (SSSR count). The monoisotopic (exact) mass is 342 g/mol. The topological polar surface area (TPSA) is 33.2 Å². The van der Waals surface area contributed by atoms with Gasteiger partial charge in [0.1, 0.15) is 0 Å². The number of thiazole rings is 1. The van der Waals surface area contributed by atoms with Crippen LogP contribution in [0.5, 0.6) is 0 Å². The minimum Gasteiger partial charge on any atom is -0.339 e. The standard InChI is InChI=1S/C15H13ClF2N2OS/c16-11-8-13(18)12(17)7-10(11)15(21)20-4-1-9(2-5-20)14-19-3-6-22-14/h3,6-9H,1-2,4-5H2. The largest absolute Gasteiger partial charge is 0.339 e. The van der Waals surface area contributed by atoms with E-state index in [2.05, 4.69) is 4.98 Å². The third-order valence-corrected chi connectivity index (χ3v) is 5.07. The van der Waals surface area contributed by atoms with Crippen molar-refractivity contribution in [2.45, 2.75) is 18.8 Å². The van der Waals surface area contributed by atoms with Crippen molar-refractivity contribution in [3.8, 4) is 0 Å². The van der Waals surface area contributed by atoms with Gasteiger partial charge in [0, 0.05) is 30.6 Å². The average molecular weight is 343 g/mol. The lowest BCUT2D eigenvalue weighted by molar-refractivity contribution is 0.0712. The van der Waals surface area contributed by atoms with Gasteiger partial charge in [0.25, 0.3) is 5.91 Å². The lowest BCUT2D eigenvalue weighted by Crippen LogP contribution is -2.38. The number of likely N-dealkylation sites (tertiary alicyclic amines) is 1.